The van der Waals surface area contributed by atoms with Crippen LogP contribution in [0.15, 0.2) is 12.2 Å². The van der Waals surface area contributed by atoms with Crippen molar-refractivity contribution >= 4 is 5.97 Å². The van der Waals surface area contributed by atoms with Gasteiger partial charge in [-0.15, -0.1) is 0 Å². The van der Waals surface area contributed by atoms with Crippen molar-refractivity contribution in [2.45, 2.75) is 51.0 Å². The van der Waals surface area contributed by atoms with Crippen molar-refractivity contribution in [1.82, 2.24) is 5.32 Å². The summed E-state index contributed by atoms with van der Waals surface area (Å²) < 4.78 is 0. The fraction of sp³-hybridized carbons (Fsp3) is 0.786. The van der Waals surface area contributed by atoms with Crippen molar-refractivity contribution in [3.8, 4) is 0 Å². The summed E-state index contributed by atoms with van der Waals surface area (Å²) in [6.45, 7) is 1.10. The summed E-state index contributed by atoms with van der Waals surface area (Å²) in [4.78, 5) is 10.8. The summed E-state index contributed by atoms with van der Waals surface area (Å²) in [6.07, 6.45) is 12.0. The van der Waals surface area contributed by atoms with E-state index < -0.39 is 5.97 Å². The van der Waals surface area contributed by atoms with Crippen LogP contribution in [0, 0.1) is 11.8 Å². The Hall–Kier alpha value is -0.830. The predicted octanol–water partition coefficient (Wildman–Crippen LogP) is 2.58. The molecule has 0 aromatic heterocycles. The van der Waals surface area contributed by atoms with Crippen molar-refractivity contribution in [3.63, 3.8) is 0 Å². The molecule has 0 saturated heterocycles. The molecule has 0 aromatic carbocycles. The van der Waals surface area contributed by atoms with Gasteiger partial charge in [-0.1, -0.05) is 12.2 Å². The van der Waals surface area contributed by atoms with Gasteiger partial charge in [0.15, 0.2) is 0 Å². The maximum absolute atomic E-state index is 10.8. The first-order chi connectivity index (χ1) is 8.25. The molecule has 2 aliphatic rings. The molecule has 17 heavy (non-hydrogen) atoms. The highest BCUT2D eigenvalue weighted by molar-refractivity contribution is 5.70. The van der Waals surface area contributed by atoms with E-state index in [9.17, 15) is 4.79 Å². The number of allylic oxidation sites excluding steroid dienone is 2. The zero-order chi connectivity index (χ0) is 12.1. The normalized spacial score (nSPS) is 33.5. The molecule has 96 valence electrons. The molecule has 2 aliphatic carbocycles. The number of carbonyl (C=O) groups is 1. The molecule has 0 aliphatic heterocycles. The van der Waals surface area contributed by atoms with Crippen molar-refractivity contribution in [3.05, 3.63) is 12.2 Å². The van der Waals surface area contributed by atoms with Crippen molar-refractivity contribution in [2.75, 3.05) is 6.54 Å². The minimum Gasteiger partial charge on any atom is -0.481 e. The third-order valence-electron chi connectivity index (χ3n) is 4.15. The summed E-state index contributed by atoms with van der Waals surface area (Å²) >= 11 is 0. The maximum Gasteiger partial charge on any atom is 0.306 e. The van der Waals surface area contributed by atoms with Crippen LogP contribution in [0.1, 0.15) is 44.9 Å². The molecule has 0 heterocycles. The Kier molecular flexibility index (Phi) is 4.60. The first-order valence-electron chi connectivity index (χ1n) is 6.87. The molecule has 1 saturated carbocycles. The van der Waals surface area contributed by atoms with Gasteiger partial charge in [-0.3, -0.25) is 4.79 Å². The fourth-order valence-electron chi connectivity index (χ4n) is 2.92. The van der Waals surface area contributed by atoms with Gasteiger partial charge in [-0.25, -0.2) is 0 Å². The molecule has 1 atom stereocenters. The molecule has 2 N–H and O–H groups in total. The van der Waals surface area contributed by atoms with E-state index in [0.717, 1.165) is 38.1 Å². The SMILES string of the molecule is O=C(O)C1CCC(NCC2CC=CCC2)CC1. The number of nitrogens with one attached hydrogen (secondary N) is 1. The van der Waals surface area contributed by atoms with Gasteiger partial charge >= 0.3 is 5.97 Å². The lowest BCUT2D eigenvalue weighted by Gasteiger charge is -2.29. The van der Waals surface area contributed by atoms with Crippen molar-refractivity contribution in [2.24, 2.45) is 11.8 Å². The zero-order valence-electron chi connectivity index (χ0n) is 10.4. The Morgan fingerprint density at radius 3 is 2.53 bits per heavy atom. The summed E-state index contributed by atoms with van der Waals surface area (Å²) in [7, 11) is 0. The van der Waals surface area contributed by atoms with Gasteiger partial charge in [0.1, 0.15) is 0 Å². The lowest BCUT2D eigenvalue weighted by Crippen LogP contribution is -2.37. The summed E-state index contributed by atoms with van der Waals surface area (Å²) in [5, 5.41) is 12.6. The molecule has 0 radical (unpaired) electrons. The first kappa shape index (κ1) is 12.6. The van der Waals surface area contributed by atoms with Crippen LogP contribution in [0.4, 0.5) is 0 Å². The topological polar surface area (TPSA) is 49.3 Å². The molecule has 3 nitrogen and oxygen atoms in total. The summed E-state index contributed by atoms with van der Waals surface area (Å²) in [5.74, 6) is 0.0868. The van der Waals surface area contributed by atoms with Gasteiger partial charge < -0.3 is 10.4 Å². The second kappa shape index (κ2) is 6.20. The Bertz CT molecular complexity index is 280. The van der Waals surface area contributed by atoms with E-state index in [-0.39, 0.29) is 5.92 Å². The van der Waals surface area contributed by atoms with E-state index >= 15 is 0 Å². The summed E-state index contributed by atoms with van der Waals surface area (Å²) in [6, 6.07) is 0.552. The molecular weight excluding hydrogens is 214 g/mol. The van der Waals surface area contributed by atoms with E-state index in [2.05, 4.69) is 17.5 Å². The Morgan fingerprint density at radius 2 is 1.94 bits per heavy atom. The number of carboxylic acids is 1. The van der Waals surface area contributed by atoms with Crippen LogP contribution in [0.5, 0.6) is 0 Å². The lowest BCUT2D eigenvalue weighted by molar-refractivity contribution is -0.142. The number of aliphatic carboxylic acids is 1. The lowest BCUT2D eigenvalue weighted by atomic mass is 9.85. The van der Waals surface area contributed by atoms with Crippen LogP contribution in [-0.4, -0.2) is 23.7 Å². The number of rotatable bonds is 4. The van der Waals surface area contributed by atoms with Crippen LogP contribution in [0.3, 0.4) is 0 Å². The fourth-order valence-corrected chi connectivity index (χ4v) is 2.92. The molecule has 0 aromatic rings. The van der Waals surface area contributed by atoms with Gasteiger partial charge in [0.05, 0.1) is 5.92 Å². The molecule has 1 fully saturated rings. The van der Waals surface area contributed by atoms with Gasteiger partial charge in [0.25, 0.3) is 0 Å². The highest BCUT2D eigenvalue weighted by Crippen LogP contribution is 2.25. The second-order valence-electron chi connectivity index (χ2n) is 5.45. The van der Waals surface area contributed by atoms with E-state index in [1.165, 1.54) is 19.3 Å². The third-order valence-corrected chi connectivity index (χ3v) is 4.15. The molecule has 0 spiro atoms. The van der Waals surface area contributed by atoms with Crippen LogP contribution in [-0.2, 0) is 4.79 Å². The van der Waals surface area contributed by atoms with Gasteiger partial charge in [0, 0.05) is 6.04 Å². The number of hydrogen-bond acceptors (Lipinski definition) is 2. The van der Waals surface area contributed by atoms with Crippen molar-refractivity contribution in [1.29, 1.82) is 0 Å². The minimum absolute atomic E-state index is 0.0920. The quantitative estimate of drug-likeness (QED) is 0.739. The molecule has 0 amide bonds. The van der Waals surface area contributed by atoms with Gasteiger partial charge in [-0.2, -0.15) is 0 Å². The maximum atomic E-state index is 10.8. The van der Waals surface area contributed by atoms with E-state index in [1.807, 2.05) is 0 Å². The van der Waals surface area contributed by atoms with Crippen LogP contribution < -0.4 is 5.32 Å². The minimum atomic E-state index is -0.610. The number of carboxylic acid groups (broad SMARTS) is 1. The van der Waals surface area contributed by atoms with Gasteiger partial charge in [-0.05, 0) is 57.4 Å². The highest BCUT2D eigenvalue weighted by Gasteiger charge is 2.25. The molecule has 3 heteroatoms. The molecule has 0 bridgehead atoms. The van der Waals surface area contributed by atoms with Gasteiger partial charge in [0.2, 0.25) is 0 Å². The predicted molar refractivity (Wildman–Crippen MR) is 67.9 cm³/mol. The third kappa shape index (κ3) is 3.84. The van der Waals surface area contributed by atoms with Crippen LogP contribution in [0.2, 0.25) is 0 Å². The van der Waals surface area contributed by atoms with Crippen molar-refractivity contribution < 1.29 is 9.90 Å². The van der Waals surface area contributed by atoms with Crippen LogP contribution in [0.25, 0.3) is 0 Å². The largest absolute Gasteiger partial charge is 0.481 e. The zero-order valence-corrected chi connectivity index (χ0v) is 10.4. The molecule has 1 unspecified atom stereocenters. The monoisotopic (exact) mass is 237 g/mol. The average molecular weight is 237 g/mol. The Morgan fingerprint density at radius 1 is 1.18 bits per heavy atom. The van der Waals surface area contributed by atoms with E-state index in [1.54, 1.807) is 0 Å². The second-order valence-corrected chi connectivity index (χ2v) is 5.45. The molecular formula is C14H23NO2. The highest BCUT2D eigenvalue weighted by atomic mass is 16.4. The standard InChI is InChI=1S/C14H23NO2/c16-14(17)12-6-8-13(9-7-12)15-10-11-4-2-1-3-5-11/h1-2,11-13,15H,3-10H2,(H,16,17). The number of hydrogen-bond donors (Lipinski definition) is 2. The van der Waals surface area contributed by atoms with E-state index in [0.29, 0.717) is 6.04 Å². The average Bonchev–Trinajstić information content (AvgIpc) is 2.38. The smallest absolute Gasteiger partial charge is 0.306 e. The molecule has 2 rings (SSSR count). The first-order valence-corrected chi connectivity index (χ1v) is 6.87. The van der Waals surface area contributed by atoms with Crippen LogP contribution >= 0.6 is 0 Å². The Labute approximate surface area is 103 Å². The Balaban J connectivity index is 1.64. The summed E-state index contributed by atoms with van der Waals surface area (Å²) in [5.41, 5.74) is 0. The van der Waals surface area contributed by atoms with E-state index in [4.69, 9.17) is 5.11 Å².